The van der Waals surface area contributed by atoms with Gasteiger partial charge in [-0.2, -0.15) is 0 Å². The Balaban J connectivity index is 2.43. The molecular weight excluding hydrogens is 326 g/mol. The largest absolute Gasteiger partial charge is 0.443 e. The first kappa shape index (κ1) is 22.7. The van der Waals surface area contributed by atoms with Crippen LogP contribution in [0.3, 0.4) is 0 Å². The molecule has 1 atom stereocenters. The molecule has 1 heterocycles. The summed E-state index contributed by atoms with van der Waals surface area (Å²) in [5, 5.41) is 0. The molecule has 0 unspecified atom stereocenters. The first-order chi connectivity index (χ1) is 12.2. The van der Waals surface area contributed by atoms with Crippen molar-refractivity contribution in [1.82, 2.24) is 4.90 Å². The van der Waals surface area contributed by atoms with Crippen molar-refractivity contribution in [3.63, 3.8) is 0 Å². The Morgan fingerprint density at radius 3 is 2.15 bits per heavy atom. The van der Waals surface area contributed by atoms with Crippen LogP contribution in [-0.2, 0) is 9.53 Å². The Morgan fingerprint density at radius 2 is 1.62 bits per heavy atom. The van der Waals surface area contributed by atoms with Gasteiger partial charge in [0, 0.05) is 24.2 Å². The van der Waals surface area contributed by atoms with Gasteiger partial charge in [0.1, 0.15) is 5.60 Å². The quantitative estimate of drug-likeness (QED) is 0.421. The summed E-state index contributed by atoms with van der Waals surface area (Å²) in [4.78, 5) is 26.2. The van der Waals surface area contributed by atoms with Gasteiger partial charge in [-0.3, -0.25) is 9.69 Å². The van der Waals surface area contributed by atoms with E-state index in [1.807, 2.05) is 27.7 Å². The molecule has 0 saturated carbocycles. The summed E-state index contributed by atoms with van der Waals surface area (Å²) in [6.07, 6.45) is 13.8. The van der Waals surface area contributed by atoms with Gasteiger partial charge >= 0.3 is 6.09 Å². The fourth-order valence-electron chi connectivity index (χ4n) is 3.40. The molecule has 0 N–H and O–H groups in total. The number of amides is 1. The van der Waals surface area contributed by atoms with E-state index in [4.69, 9.17) is 4.74 Å². The Kier molecular flexibility index (Phi) is 9.97. The summed E-state index contributed by atoms with van der Waals surface area (Å²) in [5.74, 6) is 0.114. The Bertz CT molecular complexity index is 476. The summed E-state index contributed by atoms with van der Waals surface area (Å²) in [7, 11) is 0. The lowest BCUT2D eigenvalue weighted by atomic mass is 10.00. The fourth-order valence-corrected chi connectivity index (χ4v) is 3.40. The number of carbonyl (C=O) groups excluding carboxylic acids is 2. The van der Waals surface area contributed by atoms with Crippen LogP contribution in [0.15, 0.2) is 11.8 Å². The van der Waals surface area contributed by atoms with E-state index in [1.54, 1.807) is 11.0 Å². The minimum absolute atomic E-state index is 0.114. The van der Waals surface area contributed by atoms with Crippen molar-refractivity contribution in [1.29, 1.82) is 0 Å². The molecule has 0 saturated heterocycles. The lowest BCUT2D eigenvalue weighted by molar-refractivity contribution is -0.116. The van der Waals surface area contributed by atoms with Crippen molar-refractivity contribution >= 4 is 11.9 Å². The maximum atomic E-state index is 12.6. The zero-order chi connectivity index (χ0) is 19.6. The Hall–Kier alpha value is -1.32. The van der Waals surface area contributed by atoms with E-state index >= 15 is 0 Å². The van der Waals surface area contributed by atoms with E-state index < -0.39 is 5.60 Å². The summed E-state index contributed by atoms with van der Waals surface area (Å²) < 4.78 is 5.54. The number of allylic oxidation sites excluding steroid dienone is 2. The fraction of sp³-hybridized carbons (Fsp3) is 0.818. The molecule has 1 rings (SSSR count). The van der Waals surface area contributed by atoms with Crippen molar-refractivity contribution in [2.24, 2.45) is 0 Å². The van der Waals surface area contributed by atoms with E-state index in [2.05, 4.69) is 6.92 Å². The van der Waals surface area contributed by atoms with E-state index in [0.717, 1.165) is 25.0 Å². The zero-order valence-electron chi connectivity index (χ0n) is 17.6. The average molecular weight is 366 g/mol. The van der Waals surface area contributed by atoms with Gasteiger partial charge in [-0.05, 0) is 40.5 Å². The van der Waals surface area contributed by atoms with E-state index in [9.17, 15) is 9.59 Å². The highest BCUT2D eigenvalue weighted by molar-refractivity contribution is 5.93. The number of nitrogens with zero attached hydrogens (tertiary/aromatic N) is 1. The topological polar surface area (TPSA) is 46.6 Å². The maximum Gasteiger partial charge on any atom is 0.414 e. The van der Waals surface area contributed by atoms with Crippen molar-refractivity contribution in [2.75, 3.05) is 0 Å². The average Bonchev–Trinajstić information content (AvgIpc) is 2.50. The Labute approximate surface area is 160 Å². The van der Waals surface area contributed by atoms with E-state index in [-0.39, 0.29) is 17.9 Å². The van der Waals surface area contributed by atoms with Gasteiger partial charge in [0.2, 0.25) is 0 Å². The number of ketones is 1. The standard InChI is InChI=1S/C22H39NO3/c1-6-7-8-9-10-11-12-13-14-15-19-17-20(24)16-18(2)23(19)21(25)26-22(3,4)5/h17-18H,6-16H2,1-5H3/t18-/m1/s1. The Morgan fingerprint density at radius 1 is 1.08 bits per heavy atom. The van der Waals surface area contributed by atoms with Gasteiger partial charge in [-0.25, -0.2) is 4.79 Å². The predicted molar refractivity (Wildman–Crippen MR) is 107 cm³/mol. The van der Waals surface area contributed by atoms with Gasteiger partial charge < -0.3 is 4.74 Å². The summed E-state index contributed by atoms with van der Waals surface area (Å²) in [5.41, 5.74) is 0.298. The first-order valence-corrected chi connectivity index (χ1v) is 10.5. The predicted octanol–water partition coefficient (Wildman–Crippen LogP) is 6.39. The second kappa shape index (κ2) is 11.4. The molecule has 0 aromatic rings. The lowest BCUT2D eigenvalue weighted by Crippen LogP contribution is -2.44. The van der Waals surface area contributed by atoms with E-state index in [0.29, 0.717) is 6.42 Å². The normalized spacial score (nSPS) is 18.0. The van der Waals surface area contributed by atoms with Gasteiger partial charge in [-0.1, -0.05) is 58.3 Å². The van der Waals surface area contributed by atoms with Crippen LogP contribution in [0.5, 0.6) is 0 Å². The molecule has 0 aromatic carbocycles. The van der Waals surface area contributed by atoms with Crippen molar-refractivity contribution in [3.8, 4) is 0 Å². The minimum atomic E-state index is -0.527. The molecular formula is C22H39NO3. The number of ether oxygens (including phenoxy) is 1. The summed E-state index contributed by atoms with van der Waals surface area (Å²) in [6, 6.07) is -0.129. The zero-order valence-corrected chi connectivity index (χ0v) is 17.6. The maximum absolute atomic E-state index is 12.6. The molecule has 0 aliphatic carbocycles. The third-order valence-electron chi connectivity index (χ3n) is 4.70. The molecule has 1 aliphatic rings. The monoisotopic (exact) mass is 365 g/mol. The third kappa shape index (κ3) is 8.86. The van der Waals surface area contributed by atoms with Crippen LogP contribution in [0, 0.1) is 0 Å². The number of carbonyl (C=O) groups is 2. The second-order valence-corrected chi connectivity index (χ2v) is 8.58. The molecule has 0 spiro atoms. The molecule has 0 aromatic heterocycles. The first-order valence-electron chi connectivity index (χ1n) is 10.5. The molecule has 4 nitrogen and oxygen atoms in total. The minimum Gasteiger partial charge on any atom is -0.443 e. The summed E-state index contributed by atoms with van der Waals surface area (Å²) >= 11 is 0. The number of hydrogen-bond donors (Lipinski definition) is 0. The van der Waals surface area contributed by atoms with Crippen LogP contribution in [0.2, 0.25) is 0 Å². The molecule has 0 bridgehead atoms. The second-order valence-electron chi connectivity index (χ2n) is 8.58. The number of unbranched alkanes of at least 4 members (excludes halogenated alkanes) is 8. The highest BCUT2D eigenvalue weighted by Gasteiger charge is 2.32. The van der Waals surface area contributed by atoms with Gasteiger partial charge in [0.05, 0.1) is 0 Å². The van der Waals surface area contributed by atoms with Crippen LogP contribution >= 0.6 is 0 Å². The van der Waals surface area contributed by atoms with Crippen molar-refractivity contribution < 1.29 is 14.3 Å². The highest BCUT2D eigenvalue weighted by Crippen LogP contribution is 2.26. The third-order valence-corrected chi connectivity index (χ3v) is 4.70. The molecule has 0 fully saturated rings. The molecule has 1 aliphatic heterocycles. The molecule has 150 valence electrons. The van der Waals surface area contributed by atoms with Crippen LogP contribution in [0.25, 0.3) is 0 Å². The lowest BCUT2D eigenvalue weighted by Gasteiger charge is -2.35. The smallest absolute Gasteiger partial charge is 0.414 e. The van der Waals surface area contributed by atoms with E-state index in [1.165, 1.54) is 44.9 Å². The summed E-state index contributed by atoms with van der Waals surface area (Å²) in [6.45, 7) is 9.77. The van der Waals surface area contributed by atoms with Crippen LogP contribution < -0.4 is 0 Å². The SMILES string of the molecule is CCCCCCCCCCCC1=CC(=O)C[C@@H](C)N1C(=O)OC(C)(C)C. The molecule has 0 radical (unpaired) electrons. The number of hydrogen-bond acceptors (Lipinski definition) is 3. The molecule has 26 heavy (non-hydrogen) atoms. The highest BCUT2D eigenvalue weighted by atomic mass is 16.6. The van der Waals surface area contributed by atoms with Crippen molar-refractivity contribution in [2.45, 2.75) is 117 Å². The molecule has 4 heteroatoms. The van der Waals surface area contributed by atoms with Gasteiger partial charge in [-0.15, -0.1) is 0 Å². The van der Waals surface area contributed by atoms with Crippen molar-refractivity contribution in [3.05, 3.63) is 11.8 Å². The van der Waals surface area contributed by atoms with Gasteiger partial charge in [0.25, 0.3) is 0 Å². The number of rotatable bonds is 10. The van der Waals surface area contributed by atoms with Crippen LogP contribution in [-0.4, -0.2) is 28.4 Å². The van der Waals surface area contributed by atoms with Crippen LogP contribution in [0.1, 0.15) is 105 Å². The van der Waals surface area contributed by atoms with Gasteiger partial charge in [0.15, 0.2) is 5.78 Å². The van der Waals surface area contributed by atoms with Crippen LogP contribution in [0.4, 0.5) is 4.79 Å². The molecule has 1 amide bonds.